The summed E-state index contributed by atoms with van der Waals surface area (Å²) in [7, 11) is 0. The Morgan fingerprint density at radius 2 is 1.73 bits per heavy atom. The molecule has 5 nitrogen and oxygen atoms in total. The molecule has 30 heavy (non-hydrogen) atoms. The molecule has 0 aliphatic carbocycles. The number of hydrogen-bond donors (Lipinski definition) is 1. The summed E-state index contributed by atoms with van der Waals surface area (Å²) in [5.74, 6) is 0.196. The minimum atomic E-state index is -0.414. The molecule has 0 fully saturated rings. The molecule has 1 aromatic heterocycles. The number of carbonyl (C=O) groups is 1. The van der Waals surface area contributed by atoms with Crippen molar-refractivity contribution >= 4 is 34.8 Å². The Morgan fingerprint density at radius 1 is 0.967 bits per heavy atom. The van der Waals surface area contributed by atoms with E-state index >= 15 is 0 Å². The van der Waals surface area contributed by atoms with E-state index in [2.05, 4.69) is 15.4 Å². The van der Waals surface area contributed by atoms with Gasteiger partial charge < -0.3 is 5.32 Å². The second-order valence-corrected chi connectivity index (χ2v) is 7.78. The molecule has 0 saturated carbocycles. The molecule has 3 aromatic carbocycles. The molecular formula is C23H18Cl2N4O. The van der Waals surface area contributed by atoms with Crippen molar-refractivity contribution in [1.82, 2.24) is 14.8 Å². The third kappa shape index (κ3) is 4.22. The van der Waals surface area contributed by atoms with Crippen LogP contribution in [0, 0.1) is 13.8 Å². The summed E-state index contributed by atoms with van der Waals surface area (Å²) in [6.07, 6.45) is 0. The van der Waals surface area contributed by atoms with Crippen LogP contribution in [0.1, 0.15) is 21.7 Å². The van der Waals surface area contributed by atoms with E-state index in [0.717, 1.165) is 22.4 Å². The molecule has 1 N–H and O–H groups in total. The fourth-order valence-electron chi connectivity index (χ4n) is 2.99. The lowest BCUT2D eigenvalue weighted by atomic mass is 10.1. The van der Waals surface area contributed by atoms with Gasteiger partial charge >= 0.3 is 0 Å². The number of halogens is 2. The van der Waals surface area contributed by atoms with Crippen LogP contribution in [0.25, 0.3) is 17.1 Å². The molecule has 0 saturated heterocycles. The van der Waals surface area contributed by atoms with E-state index in [1.54, 1.807) is 28.9 Å². The van der Waals surface area contributed by atoms with E-state index in [9.17, 15) is 4.79 Å². The SMILES string of the molecule is Cc1cccc(-c2nc(C(=O)Nc3ccc(Cl)cc3)nn2-c2ccc(C)c(Cl)c2)c1. The van der Waals surface area contributed by atoms with Crippen LogP contribution in [0.5, 0.6) is 0 Å². The number of benzene rings is 3. The Morgan fingerprint density at radius 3 is 2.43 bits per heavy atom. The van der Waals surface area contributed by atoms with Gasteiger partial charge in [0.25, 0.3) is 5.91 Å². The van der Waals surface area contributed by atoms with Gasteiger partial charge in [0.15, 0.2) is 5.82 Å². The van der Waals surface area contributed by atoms with Gasteiger partial charge in [0.1, 0.15) is 0 Å². The number of amides is 1. The smallest absolute Gasteiger partial charge is 0.295 e. The highest BCUT2D eigenvalue weighted by molar-refractivity contribution is 6.31. The Balaban J connectivity index is 1.77. The molecule has 0 bridgehead atoms. The van der Waals surface area contributed by atoms with Crippen molar-refractivity contribution in [3.63, 3.8) is 0 Å². The van der Waals surface area contributed by atoms with E-state index < -0.39 is 5.91 Å². The zero-order valence-electron chi connectivity index (χ0n) is 16.4. The summed E-state index contributed by atoms with van der Waals surface area (Å²) in [5, 5.41) is 8.49. The monoisotopic (exact) mass is 436 g/mol. The van der Waals surface area contributed by atoms with Gasteiger partial charge in [0.05, 0.1) is 5.69 Å². The number of carbonyl (C=O) groups excluding carboxylic acids is 1. The van der Waals surface area contributed by atoms with Gasteiger partial charge in [0, 0.05) is 21.3 Å². The lowest BCUT2D eigenvalue weighted by Crippen LogP contribution is -2.14. The highest BCUT2D eigenvalue weighted by atomic mass is 35.5. The highest BCUT2D eigenvalue weighted by Gasteiger charge is 2.19. The Labute approximate surface area is 184 Å². The number of aromatic nitrogens is 3. The number of rotatable bonds is 4. The average Bonchev–Trinajstić information content (AvgIpc) is 3.17. The van der Waals surface area contributed by atoms with Crippen molar-refractivity contribution in [3.05, 3.63) is 93.7 Å². The van der Waals surface area contributed by atoms with Crippen LogP contribution in [-0.4, -0.2) is 20.7 Å². The lowest BCUT2D eigenvalue weighted by Gasteiger charge is -2.08. The third-order valence-corrected chi connectivity index (χ3v) is 5.25. The topological polar surface area (TPSA) is 59.8 Å². The molecule has 1 amide bonds. The van der Waals surface area contributed by atoms with E-state index in [1.807, 2.05) is 56.3 Å². The maximum Gasteiger partial charge on any atom is 0.295 e. The van der Waals surface area contributed by atoms with Crippen LogP contribution in [0.2, 0.25) is 10.0 Å². The normalized spacial score (nSPS) is 10.8. The molecule has 4 rings (SSSR count). The maximum atomic E-state index is 12.8. The van der Waals surface area contributed by atoms with Crippen LogP contribution in [-0.2, 0) is 0 Å². The minimum absolute atomic E-state index is 0.0538. The van der Waals surface area contributed by atoms with Gasteiger partial charge in [-0.2, -0.15) is 0 Å². The number of nitrogens with zero attached hydrogens (tertiary/aromatic N) is 3. The second kappa shape index (κ2) is 8.30. The second-order valence-electron chi connectivity index (χ2n) is 6.93. The van der Waals surface area contributed by atoms with E-state index in [4.69, 9.17) is 23.2 Å². The van der Waals surface area contributed by atoms with Crippen molar-refractivity contribution in [2.24, 2.45) is 0 Å². The number of nitrogens with one attached hydrogen (secondary N) is 1. The van der Waals surface area contributed by atoms with Crippen molar-refractivity contribution < 1.29 is 4.79 Å². The van der Waals surface area contributed by atoms with Gasteiger partial charge in [-0.3, -0.25) is 4.79 Å². The molecule has 1 heterocycles. The number of aryl methyl sites for hydroxylation is 2. The number of anilines is 1. The van der Waals surface area contributed by atoms with E-state index in [0.29, 0.717) is 21.6 Å². The molecule has 150 valence electrons. The van der Waals surface area contributed by atoms with Gasteiger partial charge in [0.2, 0.25) is 5.82 Å². The summed E-state index contributed by atoms with van der Waals surface area (Å²) < 4.78 is 1.64. The predicted octanol–water partition coefficient (Wildman–Crippen LogP) is 6.11. The summed E-state index contributed by atoms with van der Waals surface area (Å²) >= 11 is 12.2. The first-order chi connectivity index (χ1) is 14.4. The first kappa shape index (κ1) is 20.1. The molecule has 7 heteroatoms. The van der Waals surface area contributed by atoms with Crippen LogP contribution in [0.4, 0.5) is 5.69 Å². The van der Waals surface area contributed by atoms with Crippen molar-refractivity contribution in [1.29, 1.82) is 0 Å². The van der Waals surface area contributed by atoms with Crippen molar-refractivity contribution in [2.45, 2.75) is 13.8 Å². The van der Waals surface area contributed by atoms with Crippen LogP contribution < -0.4 is 5.32 Å². The first-order valence-electron chi connectivity index (χ1n) is 9.28. The van der Waals surface area contributed by atoms with Gasteiger partial charge in [-0.05, 0) is 61.9 Å². The zero-order valence-corrected chi connectivity index (χ0v) is 17.9. The average molecular weight is 437 g/mol. The summed E-state index contributed by atoms with van der Waals surface area (Å²) in [6.45, 7) is 3.93. The minimum Gasteiger partial charge on any atom is -0.319 e. The van der Waals surface area contributed by atoms with Crippen molar-refractivity contribution in [2.75, 3.05) is 5.32 Å². The van der Waals surface area contributed by atoms with Gasteiger partial charge in [-0.15, -0.1) is 5.10 Å². The maximum absolute atomic E-state index is 12.8. The van der Waals surface area contributed by atoms with Crippen LogP contribution in [0.15, 0.2) is 66.7 Å². The molecule has 0 spiro atoms. The summed E-state index contributed by atoms with van der Waals surface area (Å²) in [5.41, 5.74) is 4.22. The predicted molar refractivity (Wildman–Crippen MR) is 121 cm³/mol. The molecule has 4 aromatic rings. The van der Waals surface area contributed by atoms with E-state index in [1.165, 1.54) is 0 Å². The first-order valence-corrected chi connectivity index (χ1v) is 10.0. The fourth-order valence-corrected chi connectivity index (χ4v) is 3.29. The Bertz CT molecular complexity index is 1230. The van der Waals surface area contributed by atoms with Crippen LogP contribution >= 0.6 is 23.2 Å². The standard InChI is InChI=1S/C23H18Cl2N4O/c1-14-4-3-5-16(12-14)22-27-21(23(30)26-18-9-7-17(24)8-10-18)28-29(22)19-11-6-15(2)20(25)13-19/h3-13H,1-2H3,(H,26,30). The van der Waals surface area contributed by atoms with Crippen LogP contribution in [0.3, 0.4) is 0 Å². The van der Waals surface area contributed by atoms with E-state index in [-0.39, 0.29) is 5.82 Å². The molecular weight excluding hydrogens is 419 g/mol. The highest BCUT2D eigenvalue weighted by Crippen LogP contribution is 2.25. The fraction of sp³-hybridized carbons (Fsp3) is 0.0870. The van der Waals surface area contributed by atoms with Gasteiger partial charge in [-0.25, -0.2) is 9.67 Å². The zero-order chi connectivity index (χ0) is 21.3. The quantitative estimate of drug-likeness (QED) is 0.419. The molecule has 0 unspecified atom stereocenters. The molecule has 0 radical (unpaired) electrons. The molecule has 0 atom stereocenters. The lowest BCUT2D eigenvalue weighted by molar-refractivity contribution is 0.101. The summed E-state index contributed by atoms with van der Waals surface area (Å²) in [6, 6.07) is 20.3. The largest absolute Gasteiger partial charge is 0.319 e. The van der Waals surface area contributed by atoms with Gasteiger partial charge in [-0.1, -0.05) is 53.0 Å². The third-order valence-electron chi connectivity index (χ3n) is 4.59. The molecule has 0 aliphatic rings. The Kier molecular flexibility index (Phi) is 5.57. The number of hydrogen-bond acceptors (Lipinski definition) is 3. The summed E-state index contributed by atoms with van der Waals surface area (Å²) in [4.78, 5) is 17.3. The van der Waals surface area contributed by atoms with Crippen molar-refractivity contribution in [3.8, 4) is 17.1 Å². The Hall–Kier alpha value is -3.15. The molecule has 0 aliphatic heterocycles.